The Morgan fingerprint density at radius 3 is 2.65 bits per heavy atom. The number of aromatic nitrogens is 3. The summed E-state index contributed by atoms with van der Waals surface area (Å²) in [5.74, 6) is 1.32. The van der Waals surface area contributed by atoms with Gasteiger partial charge in [0.25, 0.3) is 5.91 Å². The van der Waals surface area contributed by atoms with Crippen molar-refractivity contribution in [2.75, 3.05) is 25.1 Å². The van der Waals surface area contributed by atoms with Crippen LogP contribution in [0, 0.1) is 11.7 Å². The number of para-hydroxylation sites is 1. The van der Waals surface area contributed by atoms with Gasteiger partial charge in [-0.25, -0.2) is 4.39 Å². The molecule has 9 heteroatoms. The van der Waals surface area contributed by atoms with E-state index in [0.29, 0.717) is 34.3 Å². The fourth-order valence-corrected chi connectivity index (χ4v) is 4.49. The number of nitrogens with one attached hydrogen (secondary N) is 2. The molecular weight excluding hydrogens is 473 g/mol. The van der Waals surface area contributed by atoms with Crippen LogP contribution in [0.2, 0.25) is 0 Å². The van der Waals surface area contributed by atoms with Gasteiger partial charge in [0, 0.05) is 37.4 Å². The second-order valence-electron chi connectivity index (χ2n) is 9.57. The smallest absolute Gasteiger partial charge is 0.254 e. The van der Waals surface area contributed by atoms with E-state index in [0.717, 1.165) is 51.3 Å². The first-order valence-corrected chi connectivity index (χ1v) is 12.7. The van der Waals surface area contributed by atoms with Crippen LogP contribution >= 0.6 is 0 Å². The minimum absolute atomic E-state index is 0.0343. The number of hydrogen-bond donors (Lipinski definition) is 2. The molecule has 2 aliphatic rings. The van der Waals surface area contributed by atoms with Gasteiger partial charge in [0.2, 0.25) is 5.88 Å². The molecule has 2 aromatic heterocycles. The minimum atomic E-state index is -0.579. The number of amides is 1. The lowest BCUT2D eigenvalue weighted by atomic mass is 10.0. The van der Waals surface area contributed by atoms with Gasteiger partial charge < -0.3 is 20.1 Å². The second kappa shape index (κ2) is 10.2. The largest absolute Gasteiger partial charge is 0.439 e. The zero-order valence-electron chi connectivity index (χ0n) is 20.3. The van der Waals surface area contributed by atoms with Gasteiger partial charge in [-0.2, -0.15) is 14.6 Å². The third-order valence-corrected chi connectivity index (χ3v) is 6.76. The summed E-state index contributed by atoms with van der Waals surface area (Å²) < 4.78 is 28.2. The Bertz CT molecular complexity index is 1410. The molecule has 1 saturated carbocycles. The van der Waals surface area contributed by atoms with Gasteiger partial charge in [0.1, 0.15) is 17.4 Å². The molecule has 1 aliphatic carbocycles. The molecule has 0 unspecified atom stereocenters. The quantitative estimate of drug-likeness (QED) is 0.351. The maximum absolute atomic E-state index is 15.0. The van der Waals surface area contributed by atoms with Gasteiger partial charge in [-0.1, -0.05) is 24.3 Å². The summed E-state index contributed by atoms with van der Waals surface area (Å²) in [5, 5.41) is 10.9. The number of anilines is 1. The number of halogens is 1. The molecule has 0 atom stereocenters. The molecule has 1 saturated heterocycles. The van der Waals surface area contributed by atoms with Crippen LogP contribution in [0.3, 0.4) is 0 Å². The highest BCUT2D eigenvalue weighted by Gasteiger charge is 2.25. The van der Waals surface area contributed by atoms with Crippen LogP contribution in [0.15, 0.2) is 60.8 Å². The molecule has 190 valence electrons. The molecule has 0 radical (unpaired) electrons. The molecule has 0 spiro atoms. The Kier molecular flexibility index (Phi) is 6.44. The van der Waals surface area contributed by atoms with Crippen LogP contribution in [0.4, 0.5) is 10.2 Å². The van der Waals surface area contributed by atoms with E-state index >= 15 is 0 Å². The van der Waals surface area contributed by atoms with Crippen LogP contribution in [0.25, 0.3) is 16.8 Å². The van der Waals surface area contributed by atoms with Crippen molar-refractivity contribution >= 4 is 17.4 Å². The fourth-order valence-electron chi connectivity index (χ4n) is 4.49. The molecule has 1 aliphatic heterocycles. The maximum atomic E-state index is 15.0. The van der Waals surface area contributed by atoms with E-state index in [4.69, 9.17) is 14.5 Å². The Balaban J connectivity index is 1.34. The Hall–Kier alpha value is -3.98. The predicted octanol–water partition coefficient (Wildman–Crippen LogP) is 5.06. The number of carbonyl (C=O) groups is 1. The number of benzene rings is 2. The number of ether oxygens (including phenoxy) is 2. The highest BCUT2D eigenvalue weighted by atomic mass is 19.1. The third kappa shape index (κ3) is 5.27. The van der Waals surface area contributed by atoms with Crippen molar-refractivity contribution in [3.05, 3.63) is 72.2 Å². The summed E-state index contributed by atoms with van der Waals surface area (Å²) in [4.78, 5) is 17.1. The van der Waals surface area contributed by atoms with Crippen molar-refractivity contribution < 1.29 is 18.7 Å². The van der Waals surface area contributed by atoms with Crippen molar-refractivity contribution in [1.82, 2.24) is 19.9 Å². The number of fused-ring (bicyclic) bond motifs is 1. The zero-order chi connectivity index (χ0) is 25.2. The Morgan fingerprint density at radius 1 is 1.08 bits per heavy atom. The van der Waals surface area contributed by atoms with Crippen molar-refractivity contribution in [2.45, 2.75) is 31.7 Å². The molecule has 2 aromatic carbocycles. The molecule has 0 bridgehead atoms. The highest BCUT2D eigenvalue weighted by Crippen LogP contribution is 2.31. The Morgan fingerprint density at radius 2 is 1.89 bits per heavy atom. The summed E-state index contributed by atoms with van der Waals surface area (Å²) in [6, 6.07) is 16.0. The van der Waals surface area contributed by atoms with E-state index in [9.17, 15) is 9.18 Å². The molecular formula is C28H28FN5O3. The zero-order valence-corrected chi connectivity index (χ0v) is 20.3. The molecule has 4 aromatic rings. The SMILES string of the molecule is O=C(NC1CC1)c1ccc(-c2cnn3c(NCC4CCOCC4)cc(Oc4ccccc4)nc23)cc1F. The number of nitrogens with zero attached hydrogens (tertiary/aromatic N) is 3. The topological polar surface area (TPSA) is 89.8 Å². The number of hydrogen-bond acceptors (Lipinski definition) is 6. The van der Waals surface area contributed by atoms with Gasteiger partial charge in [-0.15, -0.1) is 0 Å². The number of rotatable bonds is 8. The van der Waals surface area contributed by atoms with Gasteiger partial charge in [0.15, 0.2) is 5.65 Å². The number of carbonyl (C=O) groups excluding carboxylic acids is 1. The van der Waals surface area contributed by atoms with E-state index in [1.807, 2.05) is 36.4 Å². The standard InChI is InChI=1S/C28H28FN5O3/c29-24-14-19(6-9-22(24)28(35)32-20-7-8-20)23-17-31-34-25(30-16-18-10-12-36-13-11-18)15-26(33-27(23)34)37-21-4-2-1-3-5-21/h1-6,9,14-15,17-18,20,30H,7-8,10-13,16H2,(H,32,35). The summed E-state index contributed by atoms with van der Waals surface area (Å²) >= 11 is 0. The van der Waals surface area contributed by atoms with Crippen LogP contribution in [-0.4, -0.2) is 46.3 Å². The normalized spacial score (nSPS) is 16.0. The predicted molar refractivity (Wildman–Crippen MR) is 137 cm³/mol. The van der Waals surface area contributed by atoms with Crippen molar-refractivity contribution in [2.24, 2.45) is 5.92 Å². The van der Waals surface area contributed by atoms with Crippen LogP contribution in [0.1, 0.15) is 36.0 Å². The highest BCUT2D eigenvalue weighted by molar-refractivity contribution is 5.95. The monoisotopic (exact) mass is 501 g/mol. The maximum Gasteiger partial charge on any atom is 0.254 e. The molecule has 2 fully saturated rings. The van der Waals surface area contributed by atoms with Gasteiger partial charge >= 0.3 is 0 Å². The van der Waals surface area contributed by atoms with E-state index < -0.39 is 5.82 Å². The van der Waals surface area contributed by atoms with Crippen molar-refractivity contribution in [3.63, 3.8) is 0 Å². The first-order chi connectivity index (χ1) is 18.1. The molecule has 6 rings (SSSR count). The van der Waals surface area contributed by atoms with Crippen LogP contribution in [0.5, 0.6) is 11.6 Å². The summed E-state index contributed by atoms with van der Waals surface area (Å²) in [6.07, 6.45) is 5.54. The van der Waals surface area contributed by atoms with E-state index in [2.05, 4.69) is 15.7 Å². The first-order valence-electron chi connectivity index (χ1n) is 12.7. The van der Waals surface area contributed by atoms with Gasteiger partial charge in [-0.05, 0) is 61.4 Å². The molecule has 37 heavy (non-hydrogen) atoms. The lowest BCUT2D eigenvalue weighted by Crippen LogP contribution is -2.26. The van der Waals surface area contributed by atoms with Crippen LogP contribution in [-0.2, 0) is 4.74 Å². The van der Waals surface area contributed by atoms with E-state index in [1.54, 1.807) is 16.8 Å². The van der Waals surface area contributed by atoms with Crippen molar-refractivity contribution in [1.29, 1.82) is 0 Å². The van der Waals surface area contributed by atoms with Crippen LogP contribution < -0.4 is 15.4 Å². The summed E-state index contributed by atoms with van der Waals surface area (Å²) in [7, 11) is 0. The third-order valence-electron chi connectivity index (χ3n) is 6.76. The lowest BCUT2D eigenvalue weighted by Gasteiger charge is -2.22. The average Bonchev–Trinajstić information content (AvgIpc) is 3.63. The summed E-state index contributed by atoms with van der Waals surface area (Å²) in [6.45, 7) is 2.31. The molecule has 2 N–H and O–H groups in total. The van der Waals surface area contributed by atoms with E-state index in [1.165, 1.54) is 12.1 Å². The molecule has 8 nitrogen and oxygen atoms in total. The van der Waals surface area contributed by atoms with E-state index in [-0.39, 0.29) is 17.5 Å². The lowest BCUT2D eigenvalue weighted by molar-refractivity contribution is 0.0699. The first kappa shape index (κ1) is 23.4. The second-order valence-corrected chi connectivity index (χ2v) is 9.57. The Labute approximate surface area is 213 Å². The fraction of sp³-hybridized carbons (Fsp3) is 0.321. The van der Waals surface area contributed by atoms with Gasteiger partial charge in [-0.3, -0.25) is 4.79 Å². The van der Waals surface area contributed by atoms with Crippen molar-refractivity contribution in [3.8, 4) is 22.8 Å². The summed E-state index contributed by atoms with van der Waals surface area (Å²) in [5.41, 5.74) is 1.78. The van der Waals surface area contributed by atoms with Gasteiger partial charge in [0.05, 0.1) is 11.8 Å². The molecule has 3 heterocycles. The molecule has 1 amide bonds. The minimum Gasteiger partial charge on any atom is -0.439 e. The average molecular weight is 502 g/mol.